The second-order valence-corrected chi connectivity index (χ2v) is 18.2. The first-order valence-corrected chi connectivity index (χ1v) is 24.0. The van der Waals surface area contributed by atoms with Crippen molar-refractivity contribution in [1.82, 2.24) is 34.6 Å². The van der Waals surface area contributed by atoms with E-state index in [1.54, 1.807) is 11.0 Å². The number of benzene rings is 1. The van der Waals surface area contributed by atoms with Crippen molar-refractivity contribution in [3.63, 3.8) is 0 Å². The molecule has 1 amide bonds. The molecule has 1 aromatic carbocycles. The third kappa shape index (κ3) is 14.5. The van der Waals surface area contributed by atoms with Crippen LogP contribution >= 0.6 is 11.6 Å². The van der Waals surface area contributed by atoms with E-state index in [-0.39, 0.29) is 23.2 Å². The molecule has 2 N–H and O–H groups in total. The number of ether oxygens (including phenoxy) is 4. The number of fused-ring (bicyclic) bond motifs is 1. The van der Waals surface area contributed by atoms with Gasteiger partial charge in [-0.3, -0.25) is 14.4 Å². The minimum atomic E-state index is -3.61. The number of carbonyl (C=O) groups excluding carboxylic acids is 1. The van der Waals surface area contributed by atoms with Gasteiger partial charge in [0.05, 0.1) is 75.5 Å². The van der Waals surface area contributed by atoms with E-state index in [2.05, 4.69) is 37.6 Å². The van der Waals surface area contributed by atoms with Gasteiger partial charge in [-0.25, -0.2) is 17.9 Å². The van der Waals surface area contributed by atoms with Gasteiger partial charge in [0.1, 0.15) is 12.4 Å². The summed E-state index contributed by atoms with van der Waals surface area (Å²) in [5, 5.41) is 9.06. The molecule has 5 heterocycles. The first-order chi connectivity index (χ1) is 29.6. The average Bonchev–Trinajstić information content (AvgIpc) is 3.89. The van der Waals surface area contributed by atoms with E-state index in [1.165, 1.54) is 18.6 Å². The highest BCUT2D eigenvalue weighted by Gasteiger charge is 2.33. The summed E-state index contributed by atoms with van der Waals surface area (Å²) in [5.74, 6) is 3.10. The van der Waals surface area contributed by atoms with Gasteiger partial charge < -0.3 is 39.0 Å². The zero-order valence-corrected chi connectivity index (χ0v) is 37.4. The van der Waals surface area contributed by atoms with Crippen molar-refractivity contribution in [2.24, 2.45) is 0 Å². The lowest BCUT2D eigenvalue weighted by atomic mass is 9.98. The molecule has 0 spiro atoms. The largest absolute Gasteiger partial charge is 0.378 e. The number of aryl methyl sites for hydroxylation is 1. The number of halogens is 1. The van der Waals surface area contributed by atoms with Gasteiger partial charge in [-0.1, -0.05) is 17.5 Å². The molecule has 61 heavy (non-hydrogen) atoms. The number of aromatic nitrogens is 3. The van der Waals surface area contributed by atoms with Crippen molar-refractivity contribution in [3.05, 3.63) is 52.3 Å². The van der Waals surface area contributed by atoms with E-state index in [0.717, 1.165) is 127 Å². The number of hydrogen-bond acceptors (Lipinski definition) is 13. The number of unbranched alkanes of at least 4 members (excludes halogenated alkanes) is 1. The number of nitrogens with one attached hydrogen (secondary N) is 2. The Kier molecular flexibility index (Phi) is 18.3. The number of anilines is 2. The summed E-state index contributed by atoms with van der Waals surface area (Å²) in [7, 11) is -3.61. The van der Waals surface area contributed by atoms with Gasteiger partial charge in [0.25, 0.3) is 5.91 Å². The lowest BCUT2D eigenvalue weighted by Crippen LogP contribution is -2.47. The third-order valence-corrected chi connectivity index (χ3v) is 12.2. The molecule has 3 aliphatic heterocycles. The molecule has 0 unspecified atom stereocenters. The van der Waals surface area contributed by atoms with Gasteiger partial charge in [0, 0.05) is 81.2 Å². The van der Waals surface area contributed by atoms with Gasteiger partial charge >= 0.3 is 0 Å². The molecule has 3 saturated heterocycles. The number of amides is 1. The second kappa shape index (κ2) is 23.8. The molecule has 3 aliphatic rings. The maximum Gasteiger partial charge on any atom is 0.256 e. The third-order valence-electron chi connectivity index (χ3n) is 11.4. The molecule has 336 valence electrons. The predicted molar refractivity (Wildman–Crippen MR) is 238 cm³/mol. The fourth-order valence-electron chi connectivity index (χ4n) is 8.23. The molecule has 0 bridgehead atoms. The van der Waals surface area contributed by atoms with Crippen LogP contribution in [0.25, 0.3) is 5.65 Å². The van der Waals surface area contributed by atoms with Crippen LogP contribution in [0.15, 0.2) is 30.5 Å². The molecule has 3 aromatic rings. The SMILES string of the molecule is C#CCOCCOCCOCCOCCN1CCN(CCCCN[C@H]2CCN(c3nc4cc([C@@H]5CCCCN5C(=O)c5cc(Cl)ccc5NS(C)(=O)=O)nn4cc3C)C2)CC1. The standard InChI is InChI=1S/C43H64ClN9O7S/c1-4-22-57-24-26-59-28-29-60-27-25-58-23-21-50-19-17-49(18-20-50)14-8-6-13-45-36-12-16-51(33-36)42-34(2)32-53-41(46-42)31-39(47-53)40-9-5-7-15-52(40)43(54)37-30-35(44)10-11-38(37)48-61(3,55)56/h1,10-11,30-32,36,40,45,48H,5-9,12-29,33H2,2-3H3/t36-,40-/m0/s1. The van der Waals surface area contributed by atoms with Crippen LogP contribution in [-0.4, -0.2) is 174 Å². The van der Waals surface area contributed by atoms with Crippen LogP contribution in [0.3, 0.4) is 0 Å². The topological polar surface area (TPSA) is 155 Å². The van der Waals surface area contributed by atoms with Gasteiger partial charge in [-0.2, -0.15) is 5.10 Å². The van der Waals surface area contributed by atoms with E-state index < -0.39 is 10.0 Å². The van der Waals surface area contributed by atoms with Crippen LogP contribution in [0.5, 0.6) is 0 Å². The molecule has 2 aromatic heterocycles. The first-order valence-electron chi connectivity index (χ1n) is 21.7. The monoisotopic (exact) mass is 885 g/mol. The quantitative estimate of drug-likeness (QED) is 0.0994. The zero-order chi connectivity index (χ0) is 43.0. The highest BCUT2D eigenvalue weighted by molar-refractivity contribution is 7.92. The second-order valence-electron chi connectivity index (χ2n) is 16.1. The molecule has 3 fully saturated rings. The van der Waals surface area contributed by atoms with Crippen molar-refractivity contribution in [3.8, 4) is 12.3 Å². The smallest absolute Gasteiger partial charge is 0.256 e. The molecule has 6 rings (SSSR count). The summed E-state index contributed by atoms with van der Waals surface area (Å²) in [4.78, 5) is 28.3. The number of nitrogens with zero attached hydrogens (tertiary/aromatic N) is 7. The Balaban J connectivity index is 0.875. The van der Waals surface area contributed by atoms with Crippen molar-refractivity contribution in [1.29, 1.82) is 0 Å². The molecule has 0 aliphatic carbocycles. The molecule has 2 atom stereocenters. The summed E-state index contributed by atoms with van der Waals surface area (Å²) >= 11 is 6.28. The van der Waals surface area contributed by atoms with Crippen molar-refractivity contribution in [2.75, 3.05) is 134 Å². The van der Waals surface area contributed by atoms with Gasteiger partial charge in [0.2, 0.25) is 10.0 Å². The first kappa shape index (κ1) is 46.9. The van der Waals surface area contributed by atoms with Crippen LogP contribution in [0, 0.1) is 19.3 Å². The molecule has 18 heteroatoms. The minimum absolute atomic E-state index is 0.206. The van der Waals surface area contributed by atoms with Gasteiger partial charge in [-0.05, 0) is 76.7 Å². The zero-order valence-electron chi connectivity index (χ0n) is 35.9. The summed E-state index contributed by atoms with van der Waals surface area (Å²) in [6, 6.07) is 6.73. The number of likely N-dealkylation sites (tertiary alicyclic amines) is 1. The van der Waals surface area contributed by atoms with Gasteiger partial charge in [0.15, 0.2) is 5.65 Å². The normalized spacial score (nSPS) is 19.2. The van der Waals surface area contributed by atoms with E-state index in [4.69, 9.17) is 47.1 Å². The van der Waals surface area contributed by atoms with Crippen molar-refractivity contribution < 1.29 is 32.2 Å². The molecule has 0 radical (unpaired) electrons. The van der Waals surface area contributed by atoms with E-state index in [1.807, 2.05) is 16.8 Å². The van der Waals surface area contributed by atoms with Crippen LogP contribution in [0.1, 0.15) is 66.2 Å². The summed E-state index contributed by atoms with van der Waals surface area (Å²) < 4.78 is 50.4. The summed E-state index contributed by atoms with van der Waals surface area (Å²) in [6.45, 7) is 16.2. The van der Waals surface area contributed by atoms with Crippen molar-refractivity contribution in [2.45, 2.75) is 57.5 Å². The van der Waals surface area contributed by atoms with E-state index in [0.29, 0.717) is 63.9 Å². The Hall–Kier alpha value is -3.57. The molecule has 0 saturated carbocycles. The Bertz CT molecular complexity index is 2010. The lowest BCUT2D eigenvalue weighted by molar-refractivity contribution is -0.00258. The Morgan fingerprint density at radius 2 is 1.61 bits per heavy atom. The Morgan fingerprint density at radius 3 is 2.33 bits per heavy atom. The lowest BCUT2D eigenvalue weighted by Gasteiger charge is -2.35. The van der Waals surface area contributed by atoms with E-state index in [9.17, 15) is 13.2 Å². The molecule has 16 nitrogen and oxygen atoms in total. The summed E-state index contributed by atoms with van der Waals surface area (Å²) in [6.07, 6.45) is 14.1. The number of piperazine rings is 1. The number of terminal acetylenes is 1. The predicted octanol–water partition coefficient (Wildman–Crippen LogP) is 3.70. The number of rotatable bonds is 24. The number of sulfonamides is 1. The highest BCUT2D eigenvalue weighted by Crippen LogP contribution is 2.34. The average molecular weight is 887 g/mol. The van der Waals surface area contributed by atoms with Crippen LogP contribution in [0.2, 0.25) is 5.02 Å². The fraction of sp³-hybridized carbons (Fsp3) is 0.651. The molecular formula is C43H64ClN9O7S. The maximum atomic E-state index is 14.0. The van der Waals surface area contributed by atoms with Gasteiger partial charge in [-0.15, -0.1) is 6.42 Å². The minimum Gasteiger partial charge on any atom is -0.378 e. The van der Waals surface area contributed by atoms with Crippen LogP contribution in [0.4, 0.5) is 11.5 Å². The number of piperidine rings is 1. The number of carbonyl (C=O) groups is 1. The highest BCUT2D eigenvalue weighted by atomic mass is 35.5. The molecular weight excluding hydrogens is 822 g/mol. The Morgan fingerprint density at radius 1 is 0.902 bits per heavy atom. The Labute approximate surface area is 366 Å². The van der Waals surface area contributed by atoms with E-state index >= 15 is 0 Å². The van der Waals surface area contributed by atoms with Crippen LogP contribution < -0.4 is 14.9 Å². The summed E-state index contributed by atoms with van der Waals surface area (Å²) in [5.41, 5.74) is 2.97. The van der Waals surface area contributed by atoms with Crippen molar-refractivity contribution >= 4 is 44.7 Å². The fourth-order valence-corrected chi connectivity index (χ4v) is 8.98. The van der Waals surface area contributed by atoms with Crippen LogP contribution in [-0.2, 0) is 29.0 Å². The number of hydrogen-bond donors (Lipinski definition) is 2. The maximum absolute atomic E-state index is 14.0.